The molecule has 1 N–H and O–H groups in total. The Morgan fingerprint density at radius 1 is 1.33 bits per heavy atom. The topological polar surface area (TPSA) is 46.8 Å². The number of ether oxygens (including phenoxy) is 1. The Hall–Kier alpha value is -1.85. The molecule has 2 heterocycles. The highest BCUT2D eigenvalue weighted by atomic mass is 32.1. The molecule has 0 radical (unpaired) electrons. The first-order valence-corrected chi connectivity index (χ1v) is 7.82. The number of aromatic nitrogens is 2. The standard InChI is InChI=1S/C16H18N2O2S/c1-20-15-5-3-2-4-13(15)8-12(11-19)9-14-10-18-6-7-21-16(18)17-14/h2-7,10,12,19H,8-9,11H2,1H3. The molecule has 110 valence electrons. The molecule has 0 saturated carbocycles. The molecule has 1 unspecified atom stereocenters. The number of benzene rings is 1. The van der Waals surface area contributed by atoms with Crippen LogP contribution >= 0.6 is 11.3 Å². The number of nitrogens with zero attached hydrogens (tertiary/aromatic N) is 2. The highest BCUT2D eigenvalue weighted by Crippen LogP contribution is 2.23. The number of rotatable bonds is 6. The largest absolute Gasteiger partial charge is 0.496 e. The third-order valence-electron chi connectivity index (χ3n) is 3.60. The van der Waals surface area contributed by atoms with Crippen molar-refractivity contribution in [3.05, 3.63) is 53.3 Å². The van der Waals surface area contributed by atoms with Crippen LogP contribution in [0.4, 0.5) is 0 Å². The molecule has 0 aliphatic heterocycles. The summed E-state index contributed by atoms with van der Waals surface area (Å²) < 4.78 is 7.40. The van der Waals surface area contributed by atoms with Crippen LogP contribution in [0.5, 0.6) is 5.75 Å². The van der Waals surface area contributed by atoms with E-state index in [1.165, 1.54) is 0 Å². The zero-order chi connectivity index (χ0) is 14.7. The average molecular weight is 302 g/mol. The minimum absolute atomic E-state index is 0.142. The third kappa shape index (κ3) is 3.09. The molecule has 0 spiro atoms. The molecule has 0 amide bonds. The SMILES string of the molecule is COc1ccccc1CC(CO)Cc1cn2ccsc2n1. The van der Waals surface area contributed by atoms with Gasteiger partial charge in [-0.2, -0.15) is 0 Å². The molecule has 4 nitrogen and oxygen atoms in total. The second kappa shape index (κ2) is 6.28. The first kappa shape index (κ1) is 14.1. The summed E-state index contributed by atoms with van der Waals surface area (Å²) in [7, 11) is 1.68. The Labute approximate surface area is 127 Å². The van der Waals surface area contributed by atoms with Crippen molar-refractivity contribution in [3.8, 4) is 5.75 Å². The fraction of sp³-hybridized carbons (Fsp3) is 0.312. The van der Waals surface area contributed by atoms with E-state index in [4.69, 9.17) is 4.74 Å². The molecule has 21 heavy (non-hydrogen) atoms. The molecule has 0 bridgehead atoms. The Bertz CT molecular complexity index is 691. The van der Waals surface area contributed by atoms with Crippen molar-refractivity contribution in [2.45, 2.75) is 12.8 Å². The van der Waals surface area contributed by atoms with Crippen LogP contribution in [0.3, 0.4) is 0 Å². The van der Waals surface area contributed by atoms with Crippen LogP contribution in [0, 0.1) is 5.92 Å². The Kier molecular flexibility index (Phi) is 4.22. The molecule has 0 saturated heterocycles. The monoisotopic (exact) mass is 302 g/mol. The number of thiazole rings is 1. The summed E-state index contributed by atoms with van der Waals surface area (Å²) in [5.74, 6) is 1.02. The van der Waals surface area contributed by atoms with Crippen LogP contribution in [0.1, 0.15) is 11.3 Å². The van der Waals surface area contributed by atoms with Crippen molar-refractivity contribution in [2.24, 2.45) is 5.92 Å². The lowest BCUT2D eigenvalue weighted by atomic mass is 9.95. The number of hydrogen-bond acceptors (Lipinski definition) is 4. The lowest BCUT2D eigenvalue weighted by Gasteiger charge is -2.15. The van der Waals surface area contributed by atoms with E-state index >= 15 is 0 Å². The summed E-state index contributed by atoms with van der Waals surface area (Å²) in [5, 5.41) is 11.7. The maximum absolute atomic E-state index is 9.66. The van der Waals surface area contributed by atoms with E-state index in [0.29, 0.717) is 0 Å². The second-order valence-corrected chi connectivity index (χ2v) is 5.97. The van der Waals surface area contributed by atoms with E-state index in [-0.39, 0.29) is 12.5 Å². The number of para-hydroxylation sites is 1. The third-order valence-corrected chi connectivity index (χ3v) is 4.37. The van der Waals surface area contributed by atoms with Crippen LogP contribution in [0.2, 0.25) is 0 Å². The molecular weight excluding hydrogens is 284 g/mol. The van der Waals surface area contributed by atoms with Crippen LogP contribution in [0.15, 0.2) is 42.0 Å². The van der Waals surface area contributed by atoms with Gasteiger partial charge in [0.05, 0.1) is 12.8 Å². The fourth-order valence-corrected chi connectivity index (χ4v) is 3.27. The van der Waals surface area contributed by atoms with Gasteiger partial charge < -0.3 is 9.84 Å². The fourth-order valence-electron chi connectivity index (χ4n) is 2.55. The summed E-state index contributed by atoms with van der Waals surface area (Å²) in [6, 6.07) is 7.96. The van der Waals surface area contributed by atoms with Gasteiger partial charge in [0.2, 0.25) is 0 Å². The van der Waals surface area contributed by atoms with Crippen molar-refractivity contribution < 1.29 is 9.84 Å². The molecule has 3 aromatic rings. The molecule has 5 heteroatoms. The van der Waals surface area contributed by atoms with Gasteiger partial charge in [0, 0.05) is 24.4 Å². The maximum atomic E-state index is 9.66. The smallest absolute Gasteiger partial charge is 0.193 e. The number of imidazole rings is 1. The second-order valence-electron chi connectivity index (χ2n) is 5.09. The Morgan fingerprint density at radius 3 is 2.95 bits per heavy atom. The van der Waals surface area contributed by atoms with Crippen LogP contribution < -0.4 is 4.74 Å². The minimum atomic E-state index is 0.142. The molecule has 2 aromatic heterocycles. The number of aliphatic hydroxyl groups is 1. The van der Waals surface area contributed by atoms with Gasteiger partial charge in [-0.15, -0.1) is 11.3 Å². The number of methoxy groups -OCH3 is 1. The summed E-state index contributed by atoms with van der Waals surface area (Å²) in [4.78, 5) is 5.58. The van der Waals surface area contributed by atoms with E-state index in [2.05, 4.69) is 4.98 Å². The lowest BCUT2D eigenvalue weighted by Crippen LogP contribution is -2.13. The van der Waals surface area contributed by atoms with Crippen molar-refractivity contribution in [1.82, 2.24) is 9.38 Å². The van der Waals surface area contributed by atoms with Gasteiger partial charge in [-0.1, -0.05) is 18.2 Å². The van der Waals surface area contributed by atoms with Crippen LogP contribution in [-0.4, -0.2) is 28.2 Å². The summed E-state index contributed by atoms with van der Waals surface area (Å²) >= 11 is 1.62. The van der Waals surface area contributed by atoms with Gasteiger partial charge in [0.25, 0.3) is 0 Å². The number of fused-ring (bicyclic) bond motifs is 1. The van der Waals surface area contributed by atoms with Gasteiger partial charge >= 0.3 is 0 Å². The van der Waals surface area contributed by atoms with E-state index in [0.717, 1.165) is 34.8 Å². The van der Waals surface area contributed by atoms with Gasteiger partial charge in [-0.05, 0) is 30.4 Å². The van der Waals surface area contributed by atoms with Gasteiger partial charge in [0.1, 0.15) is 5.75 Å². The van der Waals surface area contributed by atoms with Crippen molar-refractivity contribution >= 4 is 16.3 Å². The zero-order valence-corrected chi connectivity index (χ0v) is 12.7. The van der Waals surface area contributed by atoms with Crippen molar-refractivity contribution in [1.29, 1.82) is 0 Å². The highest BCUT2D eigenvalue weighted by molar-refractivity contribution is 7.15. The summed E-state index contributed by atoms with van der Waals surface area (Å²) in [6.07, 6.45) is 5.59. The molecule has 0 aliphatic carbocycles. The number of aliphatic hydroxyl groups excluding tert-OH is 1. The van der Waals surface area contributed by atoms with E-state index in [9.17, 15) is 5.11 Å². The first-order chi connectivity index (χ1) is 10.3. The maximum Gasteiger partial charge on any atom is 0.193 e. The normalized spacial score (nSPS) is 12.7. The number of hydrogen-bond donors (Lipinski definition) is 1. The summed E-state index contributed by atoms with van der Waals surface area (Å²) in [6.45, 7) is 0.142. The average Bonchev–Trinajstić information content (AvgIpc) is 3.08. The Morgan fingerprint density at radius 2 is 2.19 bits per heavy atom. The summed E-state index contributed by atoms with van der Waals surface area (Å²) in [5.41, 5.74) is 2.15. The van der Waals surface area contributed by atoms with Crippen LogP contribution in [0.25, 0.3) is 4.96 Å². The quantitative estimate of drug-likeness (QED) is 0.761. The highest BCUT2D eigenvalue weighted by Gasteiger charge is 2.14. The molecule has 1 aromatic carbocycles. The Balaban J connectivity index is 1.74. The zero-order valence-electron chi connectivity index (χ0n) is 11.9. The molecule has 0 fully saturated rings. The van der Waals surface area contributed by atoms with Gasteiger partial charge in [0.15, 0.2) is 4.96 Å². The molecule has 3 rings (SSSR count). The van der Waals surface area contributed by atoms with Crippen molar-refractivity contribution in [2.75, 3.05) is 13.7 Å². The molecule has 0 aliphatic rings. The van der Waals surface area contributed by atoms with Gasteiger partial charge in [-0.3, -0.25) is 4.40 Å². The van der Waals surface area contributed by atoms with E-state index < -0.39 is 0 Å². The minimum Gasteiger partial charge on any atom is -0.496 e. The van der Waals surface area contributed by atoms with Gasteiger partial charge in [-0.25, -0.2) is 4.98 Å². The molecular formula is C16H18N2O2S. The lowest BCUT2D eigenvalue weighted by molar-refractivity contribution is 0.223. The van der Waals surface area contributed by atoms with Crippen molar-refractivity contribution in [3.63, 3.8) is 0 Å². The van der Waals surface area contributed by atoms with Crippen LogP contribution in [-0.2, 0) is 12.8 Å². The molecule has 1 atom stereocenters. The first-order valence-electron chi connectivity index (χ1n) is 6.94. The predicted octanol–water partition coefficient (Wildman–Crippen LogP) is 2.80. The predicted molar refractivity (Wildman–Crippen MR) is 84.0 cm³/mol. The van der Waals surface area contributed by atoms with E-state index in [1.807, 2.05) is 46.4 Å². The van der Waals surface area contributed by atoms with E-state index in [1.54, 1.807) is 18.4 Å².